The van der Waals surface area contributed by atoms with E-state index < -0.39 is 46.4 Å². The Labute approximate surface area is 165 Å². The van der Waals surface area contributed by atoms with Crippen molar-refractivity contribution in [1.29, 1.82) is 0 Å². The van der Waals surface area contributed by atoms with Gasteiger partial charge in [-0.3, -0.25) is 0 Å². The van der Waals surface area contributed by atoms with E-state index in [-0.39, 0.29) is 4.90 Å². The number of aliphatic hydroxyl groups is 1. The van der Waals surface area contributed by atoms with Gasteiger partial charge < -0.3 is 9.66 Å². The lowest BCUT2D eigenvalue weighted by molar-refractivity contribution is -0.257. The SMILES string of the molecule is Cc1ccc([S@+]([O-])CC(O)(CC(C)(C)c2cc(F)ccc2C)C(F)(F)F)cc1. The zero-order valence-electron chi connectivity index (χ0n) is 16.2. The first-order valence-corrected chi connectivity index (χ1v) is 10.1. The van der Waals surface area contributed by atoms with Crippen LogP contribution in [0.4, 0.5) is 17.6 Å². The summed E-state index contributed by atoms with van der Waals surface area (Å²) in [4.78, 5) is 0.216. The van der Waals surface area contributed by atoms with Crippen LogP contribution in [0, 0.1) is 19.7 Å². The first-order valence-electron chi connectivity index (χ1n) is 8.76. The molecule has 0 aliphatic carbocycles. The van der Waals surface area contributed by atoms with Crippen LogP contribution in [0.1, 0.15) is 37.0 Å². The Hall–Kier alpha value is -1.57. The molecule has 0 bridgehead atoms. The molecule has 2 nitrogen and oxygen atoms in total. The third kappa shape index (κ3) is 5.07. The molecule has 0 aromatic heterocycles. The fourth-order valence-electron chi connectivity index (χ4n) is 3.37. The summed E-state index contributed by atoms with van der Waals surface area (Å²) in [6, 6.07) is 10.2. The molecule has 2 rings (SSSR count). The van der Waals surface area contributed by atoms with Gasteiger partial charge in [-0.2, -0.15) is 13.2 Å². The van der Waals surface area contributed by atoms with Crippen LogP contribution in [0.15, 0.2) is 47.4 Å². The van der Waals surface area contributed by atoms with E-state index in [2.05, 4.69) is 0 Å². The third-order valence-corrected chi connectivity index (χ3v) is 6.38. The van der Waals surface area contributed by atoms with E-state index >= 15 is 0 Å². The summed E-state index contributed by atoms with van der Waals surface area (Å²) in [6.45, 7) is 6.51. The molecule has 0 aliphatic rings. The fraction of sp³-hybridized carbons (Fsp3) is 0.429. The average molecular weight is 416 g/mol. The Morgan fingerprint density at radius 1 is 1.00 bits per heavy atom. The Balaban J connectivity index is 2.36. The van der Waals surface area contributed by atoms with Crippen molar-refractivity contribution >= 4 is 11.2 Å². The van der Waals surface area contributed by atoms with Crippen molar-refractivity contribution in [2.24, 2.45) is 0 Å². The fourth-order valence-corrected chi connectivity index (χ4v) is 4.68. The zero-order valence-corrected chi connectivity index (χ0v) is 17.0. The predicted octanol–water partition coefficient (Wildman–Crippen LogP) is 5.21. The summed E-state index contributed by atoms with van der Waals surface area (Å²) in [5.74, 6) is -1.55. The molecule has 0 amide bonds. The highest BCUT2D eigenvalue weighted by atomic mass is 32.2. The van der Waals surface area contributed by atoms with Gasteiger partial charge in [0.25, 0.3) is 0 Å². The maximum atomic E-state index is 13.8. The van der Waals surface area contributed by atoms with Crippen molar-refractivity contribution in [1.82, 2.24) is 0 Å². The highest BCUT2D eigenvalue weighted by Gasteiger charge is 2.59. The molecule has 0 saturated heterocycles. The Morgan fingerprint density at radius 2 is 1.57 bits per heavy atom. The van der Waals surface area contributed by atoms with Gasteiger partial charge in [-0.15, -0.1) is 0 Å². The lowest BCUT2D eigenvalue weighted by Crippen LogP contribution is -2.53. The molecule has 0 spiro atoms. The second-order valence-electron chi connectivity index (χ2n) is 7.85. The molecule has 2 aromatic rings. The second kappa shape index (κ2) is 8.05. The first kappa shape index (κ1) is 22.7. The average Bonchev–Trinajstić information content (AvgIpc) is 2.56. The quantitative estimate of drug-likeness (QED) is 0.519. The number of alkyl halides is 3. The minimum Gasteiger partial charge on any atom is -0.611 e. The molecule has 0 aliphatic heterocycles. The van der Waals surface area contributed by atoms with E-state index in [9.17, 15) is 27.2 Å². The lowest BCUT2D eigenvalue weighted by Gasteiger charge is -2.38. The normalized spacial score (nSPS) is 15.9. The minimum atomic E-state index is -4.99. The molecule has 2 atom stereocenters. The standard InChI is InChI=1S/C21H24F4O2S/c1-14-5-9-17(10-6-14)28(27)13-20(26,21(23,24)25)12-19(3,4)18-11-16(22)8-7-15(18)2/h5-11,26H,12-13H2,1-4H3/t20?,28-/m1/s1. The molecule has 1 N–H and O–H groups in total. The topological polar surface area (TPSA) is 43.3 Å². The number of hydrogen-bond acceptors (Lipinski definition) is 2. The van der Waals surface area contributed by atoms with Crippen LogP contribution in [0.25, 0.3) is 0 Å². The number of aryl methyl sites for hydroxylation is 2. The first-order chi connectivity index (χ1) is 12.7. The Morgan fingerprint density at radius 3 is 2.11 bits per heavy atom. The molecular weight excluding hydrogens is 392 g/mol. The van der Waals surface area contributed by atoms with Crippen LogP contribution in [0.3, 0.4) is 0 Å². The predicted molar refractivity (Wildman–Crippen MR) is 102 cm³/mol. The summed E-state index contributed by atoms with van der Waals surface area (Å²) >= 11 is -2.05. The largest absolute Gasteiger partial charge is 0.611 e. The second-order valence-corrected chi connectivity index (χ2v) is 9.30. The molecule has 0 fully saturated rings. The van der Waals surface area contributed by atoms with Gasteiger partial charge in [0.15, 0.2) is 4.90 Å². The summed E-state index contributed by atoms with van der Waals surface area (Å²) in [6.07, 6.45) is -5.74. The van der Waals surface area contributed by atoms with Crippen LogP contribution in [0.5, 0.6) is 0 Å². The molecule has 0 radical (unpaired) electrons. The summed E-state index contributed by atoms with van der Waals surface area (Å²) in [5, 5.41) is 10.6. The number of hydrogen-bond donors (Lipinski definition) is 1. The summed E-state index contributed by atoms with van der Waals surface area (Å²) in [7, 11) is 0. The molecule has 154 valence electrons. The smallest absolute Gasteiger partial charge is 0.421 e. The summed E-state index contributed by atoms with van der Waals surface area (Å²) < 4.78 is 67.7. The van der Waals surface area contributed by atoms with Gasteiger partial charge in [-0.25, -0.2) is 4.39 Å². The van der Waals surface area contributed by atoms with Gasteiger partial charge in [0.2, 0.25) is 5.60 Å². The Bertz CT molecular complexity index is 818. The van der Waals surface area contributed by atoms with E-state index in [1.807, 2.05) is 6.92 Å². The van der Waals surface area contributed by atoms with Crippen molar-refractivity contribution in [3.8, 4) is 0 Å². The van der Waals surface area contributed by atoms with Gasteiger partial charge in [0.05, 0.1) is 0 Å². The molecule has 0 saturated carbocycles. The van der Waals surface area contributed by atoms with Gasteiger partial charge in [-0.1, -0.05) is 37.6 Å². The van der Waals surface area contributed by atoms with Crippen molar-refractivity contribution in [2.45, 2.75) is 56.2 Å². The van der Waals surface area contributed by atoms with Gasteiger partial charge in [0.1, 0.15) is 11.6 Å². The highest BCUT2D eigenvalue weighted by molar-refractivity contribution is 7.91. The lowest BCUT2D eigenvalue weighted by atomic mass is 9.74. The molecular formula is C21H24F4O2S. The number of halogens is 4. The van der Waals surface area contributed by atoms with Gasteiger partial charge in [-0.05, 0) is 72.3 Å². The van der Waals surface area contributed by atoms with E-state index in [0.717, 1.165) is 5.56 Å². The maximum Gasteiger partial charge on any atom is 0.421 e. The minimum absolute atomic E-state index is 0.216. The molecule has 28 heavy (non-hydrogen) atoms. The maximum absolute atomic E-state index is 13.8. The highest BCUT2D eigenvalue weighted by Crippen LogP contribution is 2.43. The van der Waals surface area contributed by atoms with Crippen molar-refractivity contribution in [3.63, 3.8) is 0 Å². The van der Waals surface area contributed by atoms with E-state index in [1.54, 1.807) is 19.1 Å². The van der Waals surface area contributed by atoms with E-state index in [0.29, 0.717) is 11.1 Å². The molecule has 1 unspecified atom stereocenters. The molecule has 7 heteroatoms. The molecule has 2 aromatic carbocycles. The van der Waals surface area contributed by atoms with Crippen molar-refractivity contribution < 1.29 is 27.2 Å². The van der Waals surface area contributed by atoms with Gasteiger partial charge in [0, 0.05) is 0 Å². The van der Waals surface area contributed by atoms with Crippen LogP contribution in [0.2, 0.25) is 0 Å². The van der Waals surface area contributed by atoms with Crippen LogP contribution < -0.4 is 0 Å². The molecule has 0 heterocycles. The van der Waals surface area contributed by atoms with E-state index in [4.69, 9.17) is 0 Å². The number of rotatable bonds is 6. The van der Waals surface area contributed by atoms with Gasteiger partial charge >= 0.3 is 6.18 Å². The van der Waals surface area contributed by atoms with Crippen molar-refractivity contribution in [2.75, 3.05) is 5.75 Å². The van der Waals surface area contributed by atoms with Crippen LogP contribution >= 0.6 is 0 Å². The zero-order chi connectivity index (χ0) is 21.3. The summed E-state index contributed by atoms with van der Waals surface area (Å²) in [5.41, 5.74) is -2.51. The van der Waals surface area contributed by atoms with E-state index in [1.165, 1.54) is 44.2 Å². The van der Waals surface area contributed by atoms with Crippen LogP contribution in [-0.2, 0) is 16.6 Å². The van der Waals surface area contributed by atoms with Crippen molar-refractivity contribution in [3.05, 3.63) is 65.0 Å². The Kier molecular flexibility index (Phi) is 6.53. The monoisotopic (exact) mass is 416 g/mol. The number of benzene rings is 2. The van der Waals surface area contributed by atoms with Crippen LogP contribution in [-0.4, -0.2) is 27.2 Å². The third-order valence-electron chi connectivity index (χ3n) is 4.84.